The lowest BCUT2D eigenvalue weighted by molar-refractivity contribution is 0.0595. The standard InChI is InChI=1S/C21H17N3O4S/c1-28-21(25)20-18(22)13-15(14-23-20)11-12-16-7-5-6-10-19(16)24-29(26,27)17-8-3-2-4-9-17/h2-10,13-14,24H,22H2,1H3. The van der Waals surface area contributed by atoms with Crippen molar-refractivity contribution in [1.29, 1.82) is 0 Å². The van der Waals surface area contributed by atoms with Crippen molar-refractivity contribution in [3.05, 3.63) is 83.7 Å². The van der Waals surface area contributed by atoms with Gasteiger partial charge < -0.3 is 10.5 Å². The molecule has 8 heteroatoms. The maximum Gasteiger partial charge on any atom is 0.358 e. The van der Waals surface area contributed by atoms with Gasteiger partial charge in [-0.05, 0) is 30.3 Å². The van der Waals surface area contributed by atoms with Crippen molar-refractivity contribution in [3.63, 3.8) is 0 Å². The van der Waals surface area contributed by atoms with Crippen LogP contribution in [0.25, 0.3) is 0 Å². The number of anilines is 2. The number of hydrogen-bond donors (Lipinski definition) is 2. The first-order valence-electron chi connectivity index (χ1n) is 8.43. The highest BCUT2D eigenvalue weighted by atomic mass is 32.2. The molecular weight excluding hydrogens is 390 g/mol. The number of nitrogens with zero attached hydrogens (tertiary/aromatic N) is 1. The monoisotopic (exact) mass is 407 g/mol. The lowest BCUT2D eigenvalue weighted by Gasteiger charge is -2.09. The van der Waals surface area contributed by atoms with Crippen LogP contribution in [0.15, 0.2) is 71.8 Å². The van der Waals surface area contributed by atoms with Crippen LogP contribution in [0.5, 0.6) is 0 Å². The number of esters is 1. The van der Waals surface area contributed by atoms with Crippen molar-refractivity contribution in [3.8, 4) is 11.8 Å². The molecule has 0 fully saturated rings. The van der Waals surface area contributed by atoms with E-state index in [1.54, 1.807) is 42.5 Å². The number of hydrogen-bond acceptors (Lipinski definition) is 6. The Labute approximate surface area is 168 Å². The zero-order valence-corrected chi connectivity index (χ0v) is 16.2. The zero-order chi connectivity index (χ0) is 20.9. The van der Waals surface area contributed by atoms with E-state index >= 15 is 0 Å². The van der Waals surface area contributed by atoms with Gasteiger partial charge in [-0.25, -0.2) is 18.2 Å². The smallest absolute Gasteiger partial charge is 0.358 e. The molecule has 0 unspecified atom stereocenters. The van der Waals surface area contributed by atoms with Crippen LogP contribution in [0, 0.1) is 11.8 Å². The maximum atomic E-state index is 12.6. The van der Waals surface area contributed by atoms with Crippen LogP contribution in [0.3, 0.4) is 0 Å². The van der Waals surface area contributed by atoms with E-state index in [4.69, 9.17) is 5.73 Å². The topological polar surface area (TPSA) is 111 Å². The number of para-hydroxylation sites is 1. The van der Waals surface area contributed by atoms with E-state index in [2.05, 4.69) is 26.3 Å². The summed E-state index contributed by atoms with van der Waals surface area (Å²) >= 11 is 0. The van der Waals surface area contributed by atoms with E-state index in [1.165, 1.54) is 31.5 Å². The molecule has 1 aromatic heterocycles. The van der Waals surface area contributed by atoms with Crippen molar-refractivity contribution in [2.45, 2.75) is 4.90 Å². The zero-order valence-electron chi connectivity index (χ0n) is 15.4. The number of rotatable bonds is 4. The molecule has 0 saturated carbocycles. The molecule has 3 N–H and O–H groups in total. The molecule has 3 aromatic rings. The Hall–Kier alpha value is -3.83. The highest BCUT2D eigenvalue weighted by Gasteiger charge is 2.15. The van der Waals surface area contributed by atoms with E-state index in [1.807, 2.05) is 0 Å². The minimum Gasteiger partial charge on any atom is -0.464 e. The summed E-state index contributed by atoms with van der Waals surface area (Å²) < 4.78 is 32.3. The Bertz CT molecular complexity index is 1210. The Balaban J connectivity index is 1.90. The summed E-state index contributed by atoms with van der Waals surface area (Å²) in [7, 11) is -2.50. The van der Waals surface area contributed by atoms with Crippen LogP contribution < -0.4 is 10.5 Å². The Kier molecular flexibility index (Phi) is 5.81. The predicted molar refractivity (Wildman–Crippen MR) is 110 cm³/mol. The third kappa shape index (κ3) is 4.72. The SMILES string of the molecule is COC(=O)c1ncc(C#Cc2ccccc2NS(=O)(=O)c2ccccc2)cc1N. The Morgan fingerprint density at radius 2 is 1.76 bits per heavy atom. The third-order valence-corrected chi connectivity index (χ3v) is 5.24. The van der Waals surface area contributed by atoms with Gasteiger partial charge in [0.1, 0.15) is 0 Å². The number of nitrogen functional groups attached to an aromatic ring is 1. The summed E-state index contributed by atoms with van der Waals surface area (Å²) in [6.07, 6.45) is 1.40. The predicted octanol–water partition coefficient (Wildman–Crippen LogP) is 2.65. The van der Waals surface area contributed by atoms with E-state index in [9.17, 15) is 13.2 Å². The van der Waals surface area contributed by atoms with Crippen LogP contribution in [0.2, 0.25) is 0 Å². The van der Waals surface area contributed by atoms with Crippen molar-refractivity contribution >= 4 is 27.4 Å². The molecule has 0 atom stereocenters. The van der Waals surface area contributed by atoms with Gasteiger partial charge in [0, 0.05) is 17.3 Å². The van der Waals surface area contributed by atoms with Crippen LogP contribution >= 0.6 is 0 Å². The van der Waals surface area contributed by atoms with Gasteiger partial charge in [-0.1, -0.05) is 42.2 Å². The van der Waals surface area contributed by atoms with Gasteiger partial charge in [0.2, 0.25) is 0 Å². The second-order valence-electron chi connectivity index (χ2n) is 5.87. The van der Waals surface area contributed by atoms with E-state index < -0.39 is 16.0 Å². The number of methoxy groups -OCH3 is 1. The van der Waals surface area contributed by atoms with Gasteiger partial charge in [-0.15, -0.1) is 0 Å². The number of carbonyl (C=O) groups is 1. The third-order valence-electron chi connectivity index (χ3n) is 3.86. The second kappa shape index (κ2) is 8.46. The fourth-order valence-corrected chi connectivity index (χ4v) is 3.54. The lowest BCUT2D eigenvalue weighted by Crippen LogP contribution is -2.13. The van der Waals surface area contributed by atoms with Gasteiger partial charge in [0.15, 0.2) is 5.69 Å². The highest BCUT2D eigenvalue weighted by Crippen LogP contribution is 2.19. The van der Waals surface area contributed by atoms with E-state index in [-0.39, 0.29) is 16.3 Å². The van der Waals surface area contributed by atoms with Crippen molar-refractivity contribution in [1.82, 2.24) is 4.98 Å². The minimum atomic E-state index is -3.75. The fourth-order valence-electron chi connectivity index (χ4n) is 2.44. The molecule has 0 amide bonds. The molecule has 0 bridgehead atoms. The molecular formula is C21H17N3O4S. The number of aromatic nitrogens is 1. The number of nitrogens with two attached hydrogens (primary N) is 1. The summed E-state index contributed by atoms with van der Waals surface area (Å²) in [6, 6.07) is 16.3. The fraction of sp³-hybridized carbons (Fsp3) is 0.0476. The summed E-state index contributed by atoms with van der Waals surface area (Å²) in [5.74, 6) is 5.14. The normalized spacial score (nSPS) is 10.5. The van der Waals surface area contributed by atoms with Gasteiger partial charge >= 0.3 is 5.97 Å². The summed E-state index contributed by atoms with van der Waals surface area (Å²) in [5.41, 5.74) is 7.26. The molecule has 0 radical (unpaired) electrons. The molecule has 3 rings (SSSR count). The molecule has 7 nitrogen and oxygen atoms in total. The number of benzene rings is 2. The summed E-state index contributed by atoms with van der Waals surface area (Å²) in [6.45, 7) is 0. The largest absolute Gasteiger partial charge is 0.464 e. The number of carbonyl (C=O) groups excluding carboxylic acids is 1. The highest BCUT2D eigenvalue weighted by molar-refractivity contribution is 7.92. The van der Waals surface area contributed by atoms with Crippen LogP contribution in [0.1, 0.15) is 21.6 Å². The van der Waals surface area contributed by atoms with Gasteiger partial charge in [-0.2, -0.15) is 0 Å². The maximum absolute atomic E-state index is 12.6. The minimum absolute atomic E-state index is 0.00840. The summed E-state index contributed by atoms with van der Waals surface area (Å²) in [5, 5.41) is 0. The first kappa shape index (κ1) is 19.9. The second-order valence-corrected chi connectivity index (χ2v) is 7.55. The average Bonchev–Trinajstić information content (AvgIpc) is 2.73. The molecule has 1 heterocycles. The molecule has 0 aliphatic heterocycles. The Morgan fingerprint density at radius 3 is 2.45 bits per heavy atom. The van der Waals surface area contributed by atoms with Crippen molar-refractivity contribution in [2.75, 3.05) is 17.6 Å². The van der Waals surface area contributed by atoms with Gasteiger partial charge in [-0.3, -0.25) is 4.72 Å². The summed E-state index contributed by atoms with van der Waals surface area (Å²) in [4.78, 5) is 15.7. The number of pyridine rings is 1. The number of nitrogens with one attached hydrogen (secondary N) is 1. The Morgan fingerprint density at radius 1 is 1.07 bits per heavy atom. The van der Waals surface area contributed by atoms with Crippen molar-refractivity contribution in [2.24, 2.45) is 0 Å². The number of ether oxygens (including phenoxy) is 1. The molecule has 0 aliphatic carbocycles. The molecule has 0 saturated heterocycles. The first-order valence-corrected chi connectivity index (χ1v) is 9.92. The van der Waals surface area contributed by atoms with E-state index in [0.29, 0.717) is 16.8 Å². The average molecular weight is 407 g/mol. The molecule has 29 heavy (non-hydrogen) atoms. The van der Waals surface area contributed by atoms with Crippen LogP contribution in [-0.2, 0) is 14.8 Å². The van der Waals surface area contributed by atoms with Crippen LogP contribution in [0.4, 0.5) is 11.4 Å². The molecule has 0 aliphatic rings. The lowest BCUT2D eigenvalue weighted by atomic mass is 10.1. The number of sulfonamides is 1. The van der Waals surface area contributed by atoms with Gasteiger partial charge in [0.05, 0.1) is 23.4 Å². The quantitative estimate of drug-likeness (QED) is 0.508. The van der Waals surface area contributed by atoms with Gasteiger partial charge in [0.25, 0.3) is 10.0 Å². The molecule has 146 valence electrons. The van der Waals surface area contributed by atoms with Crippen molar-refractivity contribution < 1.29 is 17.9 Å². The van der Waals surface area contributed by atoms with Crippen LogP contribution in [-0.4, -0.2) is 26.5 Å². The molecule has 0 spiro atoms. The molecule has 2 aromatic carbocycles. The van der Waals surface area contributed by atoms with E-state index in [0.717, 1.165) is 0 Å². The first-order chi connectivity index (χ1) is 13.9.